The van der Waals surface area contributed by atoms with Gasteiger partial charge >= 0.3 is 0 Å². The van der Waals surface area contributed by atoms with Gasteiger partial charge in [0.2, 0.25) is 0 Å². The van der Waals surface area contributed by atoms with E-state index in [1.165, 1.54) is 42.8 Å². The van der Waals surface area contributed by atoms with Crippen LogP contribution in [-0.2, 0) is 12.8 Å². The van der Waals surface area contributed by atoms with Crippen LogP contribution in [0.2, 0.25) is 0 Å². The topological polar surface area (TPSA) is 28.2 Å². The molecule has 0 saturated carbocycles. The fraction of sp³-hybridized carbons (Fsp3) is 0.643. The summed E-state index contributed by atoms with van der Waals surface area (Å²) >= 11 is 0. The minimum absolute atomic E-state index is 0.554. The van der Waals surface area contributed by atoms with Crippen molar-refractivity contribution in [1.29, 1.82) is 0 Å². The Morgan fingerprint density at radius 2 is 2.18 bits per heavy atom. The Kier molecular flexibility index (Phi) is 3.02. The molecular formula is C14H21N3. The molecule has 1 fully saturated rings. The van der Waals surface area contributed by atoms with E-state index in [1.807, 2.05) is 0 Å². The van der Waals surface area contributed by atoms with Crippen LogP contribution in [0, 0.1) is 0 Å². The highest BCUT2D eigenvalue weighted by Gasteiger charge is 2.20. The molecule has 0 radical (unpaired) electrons. The minimum atomic E-state index is 0.554. The van der Waals surface area contributed by atoms with Gasteiger partial charge in [0.05, 0.1) is 0 Å². The van der Waals surface area contributed by atoms with Gasteiger partial charge in [0.1, 0.15) is 5.82 Å². The Labute approximate surface area is 103 Å². The molecule has 1 N–H and O–H groups in total. The van der Waals surface area contributed by atoms with Crippen LogP contribution in [0.1, 0.15) is 31.0 Å². The van der Waals surface area contributed by atoms with Crippen molar-refractivity contribution in [3.8, 4) is 0 Å². The van der Waals surface area contributed by atoms with Gasteiger partial charge in [0.15, 0.2) is 0 Å². The number of rotatable bonds is 1. The van der Waals surface area contributed by atoms with Gasteiger partial charge in [-0.1, -0.05) is 6.07 Å². The number of anilines is 1. The van der Waals surface area contributed by atoms with Gasteiger partial charge in [-0.25, -0.2) is 4.98 Å². The number of nitrogens with one attached hydrogen (secondary N) is 1. The third kappa shape index (κ3) is 2.16. The van der Waals surface area contributed by atoms with Crippen molar-refractivity contribution in [2.45, 2.75) is 38.6 Å². The summed E-state index contributed by atoms with van der Waals surface area (Å²) in [6, 6.07) is 5.07. The van der Waals surface area contributed by atoms with E-state index >= 15 is 0 Å². The van der Waals surface area contributed by atoms with Crippen molar-refractivity contribution in [2.24, 2.45) is 0 Å². The maximum Gasteiger partial charge on any atom is 0.129 e. The van der Waals surface area contributed by atoms with E-state index in [-0.39, 0.29) is 0 Å². The molecule has 1 saturated heterocycles. The number of aromatic nitrogens is 1. The number of fused-ring (bicyclic) bond motifs is 1. The van der Waals surface area contributed by atoms with Crippen molar-refractivity contribution in [2.75, 3.05) is 24.5 Å². The van der Waals surface area contributed by atoms with Crippen LogP contribution < -0.4 is 10.2 Å². The first kappa shape index (κ1) is 11.0. The van der Waals surface area contributed by atoms with E-state index in [4.69, 9.17) is 4.98 Å². The molecule has 3 nitrogen and oxygen atoms in total. The number of hydrogen-bond donors (Lipinski definition) is 1. The van der Waals surface area contributed by atoms with Gasteiger partial charge in [-0.05, 0) is 44.2 Å². The van der Waals surface area contributed by atoms with Crippen LogP contribution in [0.25, 0.3) is 0 Å². The standard InChI is InChI=1S/C14H21N3/c1-11-10-15-8-9-17(11)14-7-6-12-4-2-3-5-13(12)16-14/h6-7,11,15H,2-5,8-10H2,1H3/t11-/m1/s1. The maximum atomic E-state index is 4.89. The summed E-state index contributed by atoms with van der Waals surface area (Å²) in [6.07, 6.45) is 5.03. The van der Waals surface area contributed by atoms with Crippen molar-refractivity contribution in [1.82, 2.24) is 10.3 Å². The molecule has 1 aliphatic carbocycles. The predicted molar refractivity (Wildman–Crippen MR) is 70.6 cm³/mol. The first-order chi connectivity index (χ1) is 8.34. The van der Waals surface area contributed by atoms with Gasteiger partial charge < -0.3 is 10.2 Å². The second-order valence-corrected chi connectivity index (χ2v) is 5.23. The normalized spacial score (nSPS) is 24.5. The first-order valence-corrected chi connectivity index (χ1v) is 6.81. The molecule has 92 valence electrons. The fourth-order valence-electron chi connectivity index (χ4n) is 2.91. The molecular weight excluding hydrogens is 210 g/mol. The molecule has 2 aliphatic rings. The maximum absolute atomic E-state index is 4.89. The molecule has 1 atom stereocenters. The van der Waals surface area contributed by atoms with Crippen LogP contribution in [0.4, 0.5) is 5.82 Å². The molecule has 3 heteroatoms. The van der Waals surface area contributed by atoms with Gasteiger partial charge in [-0.2, -0.15) is 0 Å². The van der Waals surface area contributed by atoms with Crippen LogP contribution in [-0.4, -0.2) is 30.7 Å². The van der Waals surface area contributed by atoms with Gasteiger partial charge in [0, 0.05) is 31.4 Å². The lowest BCUT2D eigenvalue weighted by Gasteiger charge is -2.35. The largest absolute Gasteiger partial charge is 0.351 e. The zero-order chi connectivity index (χ0) is 11.7. The number of piperazine rings is 1. The van der Waals surface area contributed by atoms with E-state index in [2.05, 4.69) is 29.3 Å². The highest BCUT2D eigenvalue weighted by atomic mass is 15.3. The number of nitrogens with zero attached hydrogens (tertiary/aromatic N) is 2. The predicted octanol–water partition coefficient (Wildman–Crippen LogP) is 1.76. The molecule has 0 aromatic carbocycles. The summed E-state index contributed by atoms with van der Waals surface area (Å²) in [6.45, 7) is 5.49. The summed E-state index contributed by atoms with van der Waals surface area (Å²) in [5, 5.41) is 3.43. The first-order valence-electron chi connectivity index (χ1n) is 6.81. The Morgan fingerprint density at radius 1 is 1.29 bits per heavy atom. The molecule has 1 aromatic rings. The third-order valence-electron chi connectivity index (χ3n) is 3.96. The second kappa shape index (κ2) is 4.65. The molecule has 1 aliphatic heterocycles. The molecule has 0 amide bonds. The lowest BCUT2D eigenvalue weighted by molar-refractivity contribution is 0.496. The zero-order valence-electron chi connectivity index (χ0n) is 10.6. The van der Waals surface area contributed by atoms with E-state index in [0.717, 1.165) is 19.6 Å². The second-order valence-electron chi connectivity index (χ2n) is 5.23. The number of pyridine rings is 1. The summed E-state index contributed by atoms with van der Waals surface area (Å²) in [5.41, 5.74) is 2.82. The number of hydrogen-bond acceptors (Lipinski definition) is 3. The summed E-state index contributed by atoms with van der Waals surface area (Å²) in [7, 11) is 0. The zero-order valence-corrected chi connectivity index (χ0v) is 10.6. The fourth-order valence-corrected chi connectivity index (χ4v) is 2.91. The van der Waals surface area contributed by atoms with E-state index in [0.29, 0.717) is 6.04 Å². The van der Waals surface area contributed by atoms with Crippen LogP contribution >= 0.6 is 0 Å². The third-order valence-corrected chi connectivity index (χ3v) is 3.96. The van der Waals surface area contributed by atoms with E-state index in [9.17, 15) is 0 Å². The molecule has 0 spiro atoms. The van der Waals surface area contributed by atoms with E-state index < -0.39 is 0 Å². The van der Waals surface area contributed by atoms with Crippen molar-refractivity contribution in [3.05, 3.63) is 23.4 Å². The summed E-state index contributed by atoms with van der Waals surface area (Å²) in [5.74, 6) is 1.18. The van der Waals surface area contributed by atoms with Crippen molar-refractivity contribution < 1.29 is 0 Å². The molecule has 2 heterocycles. The minimum Gasteiger partial charge on any atom is -0.351 e. The lowest BCUT2D eigenvalue weighted by atomic mass is 9.96. The summed E-state index contributed by atoms with van der Waals surface area (Å²) in [4.78, 5) is 7.32. The smallest absolute Gasteiger partial charge is 0.129 e. The van der Waals surface area contributed by atoms with Crippen LogP contribution in [0.15, 0.2) is 12.1 Å². The molecule has 0 unspecified atom stereocenters. The van der Waals surface area contributed by atoms with Gasteiger partial charge in [-0.3, -0.25) is 0 Å². The average Bonchev–Trinajstić information content (AvgIpc) is 2.39. The summed E-state index contributed by atoms with van der Waals surface area (Å²) < 4.78 is 0. The van der Waals surface area contributed by atoms with Crippen molar-refractivity contribution in [3.63, 3.8) is 0 Å². The van der Waals surface area contributed by atoms with Crippen LogP contribution in [0.5, 0.6) is 0 Å². The monoisotopic (exact) mass is 231 g/mol. The van der Waals surface area contributed by atoms with Crippen LogP contribution in [0.3, 0.4) is 0 Å². The van der Waals surface area contributed by atoms with Gasteiger partial charge in [0.25, 0.3) is 0 Å². The average molecular weight is 231 g/mol. The van der Waals surface area contributed by atoms with Gasteiger partial charge in [-0.15, -0.1) is 0 Å². The molecule has 3 rings (SSSR count). The Morgan fingerprint density at radius 3 is 3.06 bits per heavy atom. The number of aryl methyl sites for hydroxylation is 2. The lowest BCUT2D eigenvalue weighted by Crippen LogP contribution is -2.50. The van der Waals surface area contributed by atoms with E-state index in [1.54, 1.807) is 0 Å². The SMILES string of the molecule is C[C@@H]1CNCCN1c1ccc2c(n1)CCCC2. The Hall–Kier alpha value is -1.09. The Bertz CT molecular complexity index is 402. The van der Waals surface area contributed by atoms with Crippen molar-refractivity contribution >= 4 is 5.82 Å². The highest BCUT2D eigenvalue weighted by Crippen LogP contribution is 2.24. The quantitative estimate of drug-likeness (QED) is 0.798. The Balaban J connectivity index is 1.87. The molecule has 17 heavy (non-hydrogen) atoms. The highest BCUT2D eigenvalue weighted by molar-refractivity contribution is 5.44. The molecule has 1 aromatic heterocycles. The molecule has 0 bridgehead atoms.